The predicted molar refractivity (Wildman–Crippen MR) is 99.2 cm³/mol. The van der Waals surface area contributed by atoms with Gasteiger partial charge in [0.05, 0.1) is 21.8 Å². The van der Waals surface area contributed by atoms with Crippen LogP contribution in [0.5, 0.6) is 0 Å². The van der Waals surface area contributed by atoms with E-state index in [4.69, 9.17) is 23.2 Å². The van der Waals surface area contributed by atoms with Crippen LogP contribution in [0.4, 0.5) is 0 Å². The van der Waals surface area contributed by atoms with Gasteiger partial charge in [0, 0.05) is 6.20 Å². The SMILES string of the molecule is CCc1ccnc(C(C)C)c1-n1c(=O)[nH]c(=O)c2cc(Cl)c(Cl)nc21. The molecule has 0 fully saturated rings. The van der Waals surface area contributed by atoms with Crippen molar-refractivity contribution >= 4 is 34.2 Å². The maximum atomic E-state index is 12.7. The van der Waals surface area contributed by atoms with Crippen LogP contribution < -0.4 is 11.2 Å². The Labute approximate surface area is 153 Å². The largest absolute Gasteiger partial charge is 0.334 e. The maximum Gasteiger partial charge on any atom is 0.334 e. The molecule has 6 nitrogen and oxygen atoms in total. The number of nitrogens with one attached hydrogen (secondary N) is 1. The van der Waals surface area contributed by atoms with Crippen LogP contribution in [0.15, 0.2) is 27.9 Å². The topological polar surface area (TPSA) is 80.6 Å². The molecular formula is C17H16Cl2N4O2. The highest BCUT2D eigenvalue weighted by Gasteiger charge is 2.20. The Morgan fingerprint density at radius 3 is 2.64 bits per heavy atom. The summed E-state index contributed by atoms with van der Waals surface area (Å²) in [6.07, 6.45) is 2.40. The van der Waals surface area contributed by atoms with Crippen LogP contribution in [-0.4, -0.2) is 19.5 Å². The van der Waals surface area contributed by atoms with Gasteiger partial charge in [-0.1, -0.05) is 44.0 Å². The number of H-pyrrole nitrogens is 1. The molecule has 0 aliphatic rings. The molecule has 25 heavy (non-hydrogen) atoms. The van der Waals surface area contributed by atoms with Crippen LogP contribution in [0.25, 0.3) is 16.7 Å². The quantitative estimate of drug-likeness (QED) is 0.707. The maximum absolute atomic E-state index is 12.7. The molecule has 3 heterocycles. The zero-order chi connectivity index (χ0) is 18.3. The van der Waals surface area contributed by atoms with Gasteiger partial charge in [0.15, 0.2) is 5.65 Å². The number of hydrogen-bond donors (Lipinski definition) is 1. The van der Waals surface area contributed by atoms with Crippen molar-refractivity contribution in [2.24, 2.45) is 0 Å². The molecule has 3 aromatic rings. The van der Waals surface area contributed by atoms with E-state index in [0.29, 0.717) is 12.1 Å². The fourth-order valence-electron chi connectivity index (χ4n) is 2.80. The first-order valence-electron chi connectivity index (χ1n) is 7.84. The number of rotatable bonds is 3. The van der Waals surface area contributed by atoms with E-state index in [2.05, 4.69) is 15.0 Å². The molecule has 0 aliphatic carbocycles. The molecule has 0 saturated heterocycles. The number of aryl methyl sites for hydroxylation is 1. The number of nitrogens with zero attached hydrogens (tertiary/aromatic N) is 3. The Balaban J connectivity index is 2.56. The van der Waals surface area contributed by atoms with Crippen molar-refractivity contribution in [2.75, 3.05) is 0 Å². The van der Waals surface area contributed by atoms with E-state index >= 15 is 0 Å². The molecule has 0 aliphatic heterocycles. The van der Waals surface area contributed by atoms with Gasteiger partial charge >= 0.3 is 5.69 Å². The molecule has 0 saturated carbocycles. The van der Waals surface area contributed by atoms with E-state index in [9.17, 15) is 9.59 Å². The average Bonchev–Trinajstić information content (AvgIpc) is 2.56. The molecular weight excluding hydrogens is 363 g/mol. The van der Waals surface area contributed by atoms with Gasteiger partial charge in [-0.25, -0.2) is 14.3 Å². The summed E-state index contributed by atoms with van der Waals surface area (Å²) in [6, 6.07) is 3.26. The molecule has 0 spiro atoms. The third kappa shape index (κ3) is 2.96. The Bertz CT molecular complexity index is 1090. The predicted octanol–water partition coefficient (Wildman–Crippen LogP) is 3.46. The molecule has 130 valence electrons. The fourth-order valence-corrected chi connectivity index (χ4v) is 3.08. The van der Waals surface area contributed by atoms with Crippen molar-refractivity contribution in [1.29, 1.82) is 0 Å². The van der Waals surface area contributed by atoms with Gasteiger partial charge in [0.25, 0.3) is 5.56 Å². The molecule has 3 rings (SSSR count). The lowest BCUT2D eigenvalue weighted by Gasteiger charge is -2.18. The Kier molecular flexibility index (Phi) is 4.67. The number of hydrogen-bond acceptors (Lipinski definition) is 4. The molecule has 8 heteroatoms. The van der Waals surface area contributed by atoms with E-state index in [1.807, 2.05) is 26.8 Å². The number of fused-ring (bicyclic) bond motifs is 1. The Hall–Kier alpha value is -2.18. The van der Waals surface area contributed by atoms with Crippen molar-refractivity contribution in [1.82, 2.24) is 19.5 Å². The van der Waals surface area contributed by atoms with Gasteiger partial charge < -0.3 is 0 Å². The first-order chi connectivity index (χ1) is 11.8. The summed E-state index contributed by atoms with van der Waals surface area (Å²) < 4.78 is 1.36. The van der Waals surface area contributed by atoms with Gasteiger partial charge in [-0.15, -0.1) is 0 Å². The lowest BCUT2D eigenvalue weighted by atomic mass is 10.0. The minimum atomic E-state index is -0.590. The standard InChI is InChI=1S/C17H16Cl2N4O2/c1-4-9-5-6-20-12(8(2)3)13(9)23-15-10(16(24)22-17(23)25)7-11(18)14(19)21-15/h5-8H,4H2,1-3H3,(H,22,24,25). The number of aromatic amines is 1. The van der Waals surface area contributed by atoms with Crippen LogP contribution in [-0.2, 0) is 6.42 Å². The average molecular weight is 379 g/mol. The summed E-state index contributed by atoms with van der Waals surface area (Å²) in [5.41, 5.74) is 1.29. The highest BCUT2D eigenvalue weighted by Crippen LogP contribution is 2.28. The first-order valence-corrected chi connectivity index (χ1v) is 8.60. The second-order valence-electron chi connectivity index (χ2n) is 5.94. The van der Waals surface area contributed by atoms with Crippen LogP contribution in [0.3, 0.4) is 0 Å². The van der Waals surface area contributed by atoms with Gasteiger partial charge in [0.1, 0.15) is 5.15 Å². The van der Waals surface area contributed by atoms with Gasteiger partial charge in [-0.2, -0.15) is 0 Å². The van der Waals surface area contributed by atoms with Crippen molar-refractivity contribution in [3.63, 3.8) is 0 Å². The zero-order valence-electron chi connectivity index (χ0n) is 13.9. The van der Waals surface area contributed by atoms with E-state index in [1.165, 1.54) is 10.6 Å². The minimum Gasteiger partial charge on any atom is -0.273 e. The minimum absolute atomic E-state index is 0.0287. The zero-order valence-corrected chi connectivity index (χ0v) is 15.4. The van der Waals surface area contributed by atoms with E-state index in [0.717, 1.165) is 11.3 Å². The van der Waals surface area contributed by atoms with E-state index in [1.54, 1.807) is 6.20 Å². The van der Waals surface area contributed by atoms with Crippen molar-refractivity contribution in [3.05, 3.63) is 60.6 Å². The van der Waals surface area contributed by atoms with Crippen molar-refractivity contribution < 1.29 is 0 Å². The summed E-state index contributed by atoms with van der Waals surface area (Å²) in [4.78, 5) is 35.8. The van der Waals surface area contributed by atoms with Crippen molar-refractivity contribution in [3.8, 4) is 5.69 Å². The van der Waals surface area contributed by atoms with Gasteiger partial charge in [-0.05, 0) is 30.0 Å². The third-order valence-corrected chi connectivity index (χ3v) is 4.65. The Morgan fingerprint density at radius 1 is 1.28 bits per heavy atom. The monoisotopic (exact) mass is 378 g/mol. The lowest BCUT2D eigenvalue weighted by Crippen LogP contribution is -2.31. The molecule has 0 bridgehead atoms. The van der Waals surface area contributed by atoms with E-state index < -0.39 is 11.2 Å². The fraction of sp³-hybridized carbons (Fsp3) is 0.294. The number of halogens is 2. The molecule has 0 aromatic carbocycles. The second-order valence-corrected chi connectivity index (χ2v) is 6.70. The highest BCUT2D eigenvalue weighted by molar-refractivity contribution is 6.41. The van der Waals surface area contributed by atoms with E-state index in [-0.39, 0.29) is 27.1 Å². The summed E-state index contributed by atoms with van der Waals surface area (Å²) in [7, 11) is 0. The summed E-state index contributed by atoms with van der Waals surface area (Å²) in [5.74, 6) is 0.0677. The summed E-state index contributed by atoms with van der Waals surface area (Å²) in [6.45, 7) is 5.96. The number of aromatic nitrogens is 4. The summed E-state index contributed by atoms with van der Waals surface area (Å²) >= 11 is 12.0. The molecule has 0 unspecified atom stereocenters. The van der Waals surface area contributed by atoms with Crippen LogP contribution in [0.1, 0.15) is 37.9 Å². The van der Waals surface area contributed by atoms with Crippen molar-refractivity contribution in [2.45, 2.75) is 33.1 Å². The van der Waals surface area contributed by atoms with Crippen LogP contribution in [0, 0.1) is 0 Å². The van der Waals surface area contributed by atoms with Crippen LogP contribution >= 0.6 is 23.2 Å². The first kappa shape index (κ1) is 17.6. The van der Waals surface area contributed by atoms with Crippen LogP contribution in [0.2, 0.25) is 10.2 Å². The normalized spacial score (nSPS) is 11.4. The second kappa shape index (κ2) is 6.61. The molecule has 0 atom stereocenters. The Morgan fingerprint density at radius 2 is 2.00 bits per heavy atom. The summed E-state index contributed by atoms with van der Waals surface area (Å²) in [5, 5.41) is 0.367. The molecule has 1 N–H and O–H groups in total. The third-order valence-electron chi connectivity index (χ3n) is 3.98. The molecule has 0 radical (unpaired) electrons. The molecule has 3 aromatic heterocycles. The van der Waals surface area contributed by atoms with Gasteiger partial charge in [-0.3, -0.25) is 14.8 Å². The smallest absolute Gasteiger partial charge is 0.273 e. The van der Waals surface area contributed by atoms with Gasteiger partial charge in [0.2, 0.25) is 0 Å². The highest BCUT2D eigenvalue weighted by atomic mass is 35.5. The molecule has 0 amide bonds. The lowest BCUT2D eigenvalue weighted by molar-refractivity contribution is 0.784. The number of pyridine rings is 2.